The van der Waals surface area contributed by atoms with Gasteiger partial charge in [-0.25, -0.2) is 0 Å². The van der Waals surface area contributed by atoms with Gasteiger partial charge in [0, 0.05) is 22.1 Å². The van der Waals surface area contributed by atoms with Gasteiger partial charge in [0.25, 0.3) is 0 Å². The molecule has 0 spiro atoms. The van der Waals surface area contributed by atoms with Gasteiger partial charge in [-0.05, 0) is 38.0 Å². The lowest BCUT2D eigenvalue weighted by Gasteiger charge is -2.25. The van der Waals surface area contributed by atoms with Crippen molar-refractivity contribution in [2.24, 2.45) is 0 Å². The highest BCUT2D eigenvalue weighted by Crippen LogP contribution is 2.26. The van der Waals surface area contributed by atoms with Crippen LogP contribution in [0.4, 0.5) is 0 Å². The Morgan fingerprint density at radius 1 is 1.53 bits per heavy atom. The zero-order valence-corrected chi connectivity index (χ0v) is 12.8. The molecule has 4 heteroatoms. The molecule has 0 saturated carbocycles. The Hall–Kier alpha value is -0.0900. The second-order valence-corrected chi connectivity index (χ2v) is 5.94. The minimum absolute atomic E-state index is 0.119. The Morgan fingerprint density at radius 2 is 2.18 bits per heavy atom. The van der Waals surface area contributed by atoms with E-state index in [0.717, 1.165) is 21.5 Å². The van der Waals surface area contributed by atoms with E-state index >= 15 is 0 Å². The normalized spacial score (nSPS) is 16.6. The summed E-state index contributed by atoms with van der Waals surface area (Å²) in [5, 5.41) is 14.0. The number of hydrogen-bond donors (Lipinski definition) is 2. The molecule has 96 valence electrons. The average Bonchev–Trinajstić information content (AvgIpc) is 2.26. The van der Waals surface area contributed by atoms with Crippen LogP contribution in [0.15, 0.2) is 22.7 Å². The first-order valence-electron chi connectivity index (χ1n) is 5.76. The first kappa shape index (κ1) is 15.0. The highest BCUT2D eigenvalue weighted by Gasteiger charge is 2.19. The lowest BCUT2D eigenvalue weighted by molar-refractivity contribution is 0.0533. The second-order valence-electron chi connectivity index (χ2n) is 4.62. The molecule has 2 atom stereocenters. The lowest BCUT2D eigenvalue weighted by Crippen LogP contribution is -2.38. The van der Waals surface area contributed by atoms with E-state index in [2.05, 4.69) is 21.2 Å². The Balaban J connectivity index is 2.67. The van der Waals surface area contributed by atoms with E-state index < -0.39 is 5.60 Å². The SMILES string of the molecule is CCC(C)(O)CNC(C)c1ccc(Br)cc1Cl. The van der Waals surface area contributed by atoms with E-state index in [-0.39, 0.29) is 6.04 Å². The van der Waals surface area contributed by atoms with Crippen molar-refractivity contribution in [1.29, 1.82) is 0 Å². The predicted molar refractivity (Wildman–Crippen MR) is 76.5 cm³/mol. The van der Waals surface area contributed by atoms with Crippen molar-refractivity contribution < 1.29 is 5.11 Å². The quantitative estimate of drug-likeness (QED) is 0.862. The predicted octanol–water partition coefficient (Wildman–Crippen LogP) is 3.91. The first-order valence-corrected chi connectivity index (χ1v) is 6.93. The molecule has 0 heterocycles. The molecule has 2 unspecified atom stereocenters. The Kier molecular flexibility index (Phi) is 5.45. The van der Waals surface area contributed by atoms with Gasteiger partial charge in [0.05, 0.1) is 5.60 Å². The fourth-order valence-corrected chi connectivity index (χ4v) is 2.30. The smallest absolute Gasteiger partial charge is 0.0741 e. The van der Waals surface area contributed by atoms with Crippen molar-refractivity contribution in [3.05, 3.63) is 33.3 Å². The van der Waals surface area contributed by atoms with Gasteiger partial charge in [0.1, 0.15) is 0 Å². The molecule has 0 aromatic heterocycles. The molecule has 0 aliphatic rings. The van der Waals surface area contributed by atoms with Gasteiger partial charge in [-0.15, -0.1) is 0 Å². The molecule has 2 nitrogen and oxygen atoms in total. The maximum atomic E-state index is 9.93. The highest BCUT2D eigenvalue weighted by molar-refractivity contribution is 9.10. The van der Waals surface area contributed by atoms with E-state index in [1.165, 1.54) is 0 Å². The summed E-state index contributed by atoms with van der Waals surface area (Å²) < 4.78 is 0.971. The van der Waals surface area contributed by atoms with Gasteiger partial charge in [0.15, 0.2) is 0 Å². The van der Waals surface area contributed by atoms with Gasteiger partial charge in [0.2, 0.25) is 0 Å². The molecule has 1 aromatic carbocycles. The van der Waals surface area contributed by atoms with Crippen LogP contribution in [0.2, 0.25) is 5.02 Å². The molecular formula is C13H19BrClNO. The summed E-state index contributed by atoms with van der Waals surface area (Å²) in [6.07, 6.45) is 0.723. The van der Waals surface area contributed by atoms with Crippen LogP contribution >= 0.6 is 27.5 Å². The average molecular weight is 321 g/mol. The van der Waals surface area contributed by atoms with Crippen LogP contribution in [0.3, 0.4) is 0 Å². The van der Waals surface area contributed by atoms with Crippen molar-refractivity contribution in [3.8, 4) is 0 Å². The lowest BCUT2D eigenvalue weighted by atomic mass is 10.0. The van der Waals surface area contributed by atoms with Gasteiger partial charge < -0.3 is 10.4 Å². The summed E-state index contributed by atoms with van der Waals surface area (Å²) in [5.41, 5.74) is 0.373. The Bertz CT molecular complexity index is 382. The summed E-state index contributed by atoms with van der Waals surface area (Å²) in [7, 11) is 0. The van der Waals surface area contributed by atoms with Crippen LogP contribution in [-0.4, -0.2) is 17.3 Å². The molecule has 0 fully saturated rings. The molecule has 0 saturated heterocycles. The molecule has 0 amide bonds. The third-order valence-corrected chi connectivity index (χ3v) is 3.80. The summed E-state index contributed by atoms with van der Waals surface area (Å²) in [4.78, 5) is 0. The van der Waals surface area contributed by atoms with Crippen LogP contribution in [0.25, 0.3) is 0 Å². The van der Waals surface area contributed by atoms with E-state index in [1.54, 1.807) is 0 Å². The minimum Gasteiger partial charge on any atom is -0.389 e. The molecule has 2 N–H and O–H groups in total. The number of nitrogens with one attached hydrogen (secondary N) is 1. The number of benzene rings is 1. The molecule has 1 rings (SSSR count). The summed E-state index contributed by atoms with van der Waals surface area (Å²) in [5.74, 6) is 0. The van der Waals surface area contributed by atoms with Crippen LogP contribution in [0.1, 0.15) is 38.8 Å². The van der Waals surface area contributed by atoms with Crippen LogP contribution in [0.5, 0.6) is 0 Å². The third-order valence-electron chi connectivity index (χ3n) is 2.98. The molecule has 0 radical (unpaired) electrons. The van der Waals surface area contributed by atoms with E-state index in [4.69, 9.17) is 11.6 Å². The molecular weight excluding hydrogens is 302 g/mol. The fraction of sp³-hybridized carbons (Fsp3) is 0.538. The van der Waals surface area contributed by atoms with Crippen molar-refractivity contribution in [2.75, 3.05) is 6.54 Å². The summed E-state index contributed by atoms with van der Waals surface area (Å²) in [6, 6.07) is 5.96. The largest absolute Gasteiger partial charge is 0.389 e. The van der Waals surface area contributed by atoms with Gasteiger partial charge >= 0.3 is 0 Å². The Morgan fingerprint density at radius 3 is 2.71 bits per heavy atom. The monoisotopic (exact) mass is 319 g/mol. The van der Waals surface area contributed by atoms with Gasteiger partial charge in [-0.3, -0.25) is 0 Å². The highest BCUT2D eigenvalue weighted by atomic mass is 79.9. The van der Waals surface area contributed by atoms with Crippen LogP contribution in [0, 0.1) is 0 Å². The molecule has 17 heavy (non-hydrogen) atoms. The molecule has 0 bridgehead atoms. The standard InChI is InChI=1S/C13H19BrClNO/c1-4-13(3,17)8-16-9(2)11-6-5-10(14)7-12(11)15/h5-7,9,16-17H,4,8H2,1-3H3. The van der Waals surface area contributed by atoms with Crippen LogP contribution in [-0.2, 0) is 0 Å². The molecule has 1 aromatic rings. The van der Waals surface area contributed by atoms with E-state index in [9.17, 15) is 5.11 Å². The Labute approximate surface area is 117 Å². The van der Waals surface area contributed by atoms with Crippen molar-refractivity contribution >= 4 is 27.5 Å². The van der Waals surface area contributed by atoms with Gasteiger partial charge in [-0.2, -0.15) is 0 Å². The second kappa shape index (κ2) is 6.19. The van der Waals surface area contributed by atoms with Crippen LogP contribution < -0.4 is 5.32 Å². The first-order chi connectivity index (χ1) is 7.85. The summed E-state index contributed by atoms with van der Waals surface area (Å²) in [6.45, 7) is 6.40. The minimum atomic E-state index is -0.671. The molecule has 0 aliphatic heterocycles. The van der Waals surface area contributed by atoms with Crippen molar-refractivity contribution in [1.82, 2.24) is 5.32 Å². The van der Waals surface area contributed by atoms with Crippen molar-refractivity contribution in [3.63, 3.8) is 0 Å². The number of aliphatic hydroxyl groups is 1. The van der Waals surface area contributed by atoms with E-state index in [1.807, 2.05) is 39.0 Å². The van der Waals surface area contributed by atoms with Crippen molar-refractivity contribution in [2.45, 2.75) is 38.8 Å². The third kappa shape index (κ3) is 4.59. The summed E-state index contributed by atoms with van der Waals surface area (Å²) >= 11 is 9.56. The number of rotatable bonds is 5. The fourth-order valence-electron chi connectivity index (χ4n) is 1.46. The number of hydrogen-bond acceptors (Lipinski definition) is 2. The number of halogens is 2. The maximum Gasteiger partial charge on any atom is 0.0741 e. The topological polar surface area (TPSA) is 32.3 Å². The van der Waals surface area contributed by atoms with Gasteiger partial charge in [-0.1, -0.05) is 40.5 Å². The zero-order valence-electron chi connectivity index (χ0n) is 10.4. The van der Waals surface area contributed by atoms with E-state index in [0.29, 0.717) is 6.54 Å². The maximum absolute atomic E-state index is 9.93. The molecule has 0 aliphatic carbocycles. The zero-order chi connectivity index (χ0) is 13.1.